The van der Waals surface area contributed by atoms with Gasteiger partial charge in [-0.2, -0.15) is 0 Å². The van der Waals surface area contributed by atoms with Crippen LogP contribution in [0.25, 0.3) is 10.9 Å². The van der Waals surface area contributed by atoms with E-state index in [2.05, 4.69) is 10.3 Å². The standard InChI is InChI=1S/C22H25N3O4S/c1-27-17-6-7-20-15(11-17)10-16(21(26)24-20)13-25(14-19-5-3-9-29-19)22(30)23-12-18-4-2-8-28-18/h2,4,6-8,10-11,19H,3,5,9,12-14H2,1H3,(H,23,30)(H,24,26)/t19-/m1/s1. The van der Waals surface area contributed by atoms with Gasteiger partial charge in [-0.3, -0.25) is 4.79 Å². The van der Waals surface area contributed by atoms with Crippen LogP contribution in [0.2, 0.25) is 0 Å². The number of rotatable bonds is 7. The second kappa shape index (κ2) is 9.32. The Hall–Kier alpha value is -2.84. The highest BCUT2D eigenvalue weighted by Gasteiger charge is 2.22. The molecule has 7 nitrogen and oxygen atoms in total. The van der Waals surface area contributed by atoms with E-state index in [1.54, 1.807) is 13.4 Å². The molecule has 1 aliphatic rings. The van der Waals surface area contributed by atoms with Crippen LogP contribution in [-0.4, -0.2) is 41.4 Å². The number of ether oxygens (including phenoxy) is 2. The van der Waals surface area contributed by atoms with Gasteiger partial charge in [-0.25, -0.2) is 0 Å². The number of nitrogens with one attached hydrogen (secondary N) is 2. The summed E-state index contributed by atoms with van der Waals surface area (Å²) >= 11 is 5.65. The van der Waals surface area contributed by atoms with Crippen LogP contribution in [0, 0.1) is 0 Å². The van der Waals surface area contributed by atoms with Crippen molar-refractivity contribution < 1.29 is 13.9 Å². The first-order chi connectivity index (χ1) is 14.6. The Balaban J connectivity index is 1.55. The van der Waals surface area contributed by atoms with Gasteiger partial charge in [-0.1, -0.05) is 0 Å². The average molecular weight is 428 g/mol. The van der Waals surface area contributed by atoms with Crippen molar-refractivity contribution in [3.8, 4) is 5.75 Å². The number of hydrogen-bond acceptors (Lipinski definition) is 5. The van der Waals surface area contributed by atoms with E-state index in [9.17, 15) is 4.79 Å². The first-order valence-electron chi connectivity index (χ1n) is 9.99. The number of aromatic amines is 1. The summed E-state index contributed by atoms with van der Waals surface area (Å²) < 4.78 is 16.5. The molecule has 0 aliphatic carbocycles. The van der Waals surface area contributed by atoms with Crippen LogP contribution in [0.15, 0.2) is 51.9 Å². The molecular weight excluding hydrogens is 402 g/mol. The van der Waals surface area contributed by atoms with Crippen LogP contribution in [-0.2, 0) is 17.8 Å². The highest BCUT2D eigenvalue weighted by atomic mass is 32.1. The number of furan rings is 1. The van der Waals surface area contributed by atoms with Crippen LogP contribution in [0.3, 0.4) is 0 Å². The van der Waals surface area contributed by atoms with Gasteiger partial charge in [0, 0.05) is 29.6 Å². The lowest BCUT2D eigenvalue weighted by Gasteiger charge is -2.28. The number of pyridine rings is 1. The second-order valence-electron chi connectivity index (χ2n) is 7.33. The molecule has 1 aromatic carbocycles. The molecule has 2 aromatic heterocycles. The Kier molecular flexibility index (Phi) is 6.35. The lowest BCUT2D eigenvalue weighted by atomic mass is 10.1. The maximum Gasteiger partial charge on any atom is 0.253 e. The van der Waals surface area contributed by atoms with E-state index in [-0.39, 0.29) is 11.7 Å². The zero-order valence-corrected chi connectivity index (χ0v) is 17.7. The van der Waals surface area contributed by atoms with Gasteiger partial charge in [0.2, 0.25) is 0 Å². The molecule has 1 atom stereocenters. The van der Waals surface area contributed by atoms with Gasteiger partial charge in [0.1, 0.15) is 11.5 Å². The van der Waals surface area contributed by atoms with Crippen LogP contribution in [0.1, 0.15) is 24.2 Å². The zero-order chi connectivity index (χ0) is 20.9. The highest BCUT2D eigenvalue weighted by molar-refractivity contribution is 7.80. The number of aromatic nitrogens is 1. The van der Waals surface area contributed by atoms with Gasteiger partial charge in [0.25, 0.3) is 5.56 Å². The molecule has 0 spiro atoms. The summed E-state index contributed by atoms with van der Waals surface area (Å²) in [4.78, 5) is 17.6. The third kappa shape index (κ3) is 4.83. The molecule has 2 N–H and O–H groups in total. The Morgan fingerprint density at radius 2 is 2.27 bits per heavy atom. The summed E-state index contributed by atoms with van der Waals surface area (Å²) in [7, 11) is 1.63. The summed E-state index contributed by atoms with van der Waals surface area (Å²) in [6.07, 6.45) is 3.77. The Morgan fingerprint density at radius 1 is 1.37 bits per heavy atom. The second-order valence-corrected chi connectivity index (χ2v) is 7.72. The van der Waals surface area contributed by atoms with E-state index < -0.39 is 0 Å². The third-order valence-electron chi connectivity index (χ3n) is 5.22. The molecule has 158 valence electrons. The van der Waals surface area contributed by atoms with Crippen LogP contribution in [0.4, 0.5) is 0 Å². The first-order valence-corrected chi connectivity index (χ1v) is 10.4. The topological polar surface area (TPSA) is 79.7 Å². The molecule has 0 amide bonds. The number of methoxy groups -OCH3 is 1. The van der Waals surface area contributed by atoms with Gasteiger partial charge in [0.05, 0.1) is 32.6 Å². The van der Waals surface area contributed by atoms with Gasteiger partial charge in [-0.05, 0) is 61.5 Å². The smallest absolute Gasteiger partial charge is 0.253 e. The summed E-state index contributed by atoms with van der Waals surface area (Å²) in [5.74, 6) is 1.54. The third-order valence-corrected chi connectivity index (χ3v) is 5.62. The van der Waals surface area contributed by atoms with Gasteiger partial charge in [0.15, 0.2) is 5.11 Å². The monoisotopic (exact) mass is 427 g/mol. The van der Waals surface area contributed by atoms with Crippen molar-refractivity contribution in [2.24, 2.45) is 0 Å². The fourth-order valence-corrected chi connectivity index (χ4v) is 3.83. The van der Waals surface area contributed by atoms with Crippen molar-refractivity contribution in [2.75, 3.05) is 20.3 Å². The largest absolute Gasteiger partial charge is 0.497 e. The predicted octanol–water partition coefficient (Wildman–Crippen LogP) is 3.19. The normalized spacial score (nSPS) is 16.0. The lowest BCUT2D eigenvalue weighted by molar-refractivity contribution is 0.0896. The van der Waals surface area contributed by atoms with E-state index in [0.29, 0.717) is 30.3 Å². The number of nitrogens with zero attached hydrogens (tertiary/aromatic N) is 1. The molecule has 8 heteroatoms. The minimum absolute atomic E-state index is 0.105. The van der Waals surface area contributed by atoms with Crippen LogP contribution in [0.5, 0.6) is 5.75 Å². The number of hydrogen-bond donors (Lipinski definition) is 2. The Morgan fingerprint density at radius 3 is 3.00 bits per heavy atom. The van der Waals surface area contributed by atoms with Crippen LogP contribution >= 0.6 is 12.2 Å². The minimum Gasteiger partial charge on any atom is -0.497 e. The summed E-state index contributed by atoms with van der Waals surface area (Å²) in [6, 6.07) is 11.2. The molecule has 3 heterocycles. The molecular formula is C22H25N3O4S. The van der Waals surface area contributed by atoms with E-state index in [0.717, 1.165) is 41.9 Å². The molecule has 4 rings (SSSR count). The molecule has 0 unspecified atom stereocenters. The van der Waals surface area contributed by atoms with E-state index >= 15 is 0 Å². The number of thiocarbonyl (C=S) groups is 1. The van der Waals surface area contributed by atoms with Gasteiger partial charge >= 0.3 is 0 Å². The molecule has 1 aliphatic heterocycles. The fourth-order valence-electron chi connectivity index (χ4n) is 3.62. The summed E-state index contributed by atoms with van der Waals surface area (Å²) in [6.45, 7) is 2.26. The van der Waals surface area contributed by atoms with Gasteiger partial charge in [-0.15, -0.1) is 0 Å². The van der Waals surface area contributed by atoms with Crippen molar-refractivity contribution in [2.45, 2.75) is 32.0 Å². The average Bonchev–Trinajstić information content (AvgIpc) is 3.46. The van der Waals surface area contributed by atoms with Gasteiger partial charge < -0.3 is 29.1 Å². The number of H-pyrrole nitrogens is 1. The van der Waals surface area contributed by atoms with E-state index in [1.165, 1.54) is 0 Å². The molecule has 0 radical (unpaired) electrons. The minimum atomic E-state index is -0.126. The SMILES string of the molecule is COc1ccc2[nH]c(=O)c(CN(C[C@H]3CCCO3)C(=S)NCc3ccco3)cc2c1. The summed E-state index contributed by atoms with van der Waals surface area (Å²) in [5, 5.41) is 4.70. The lowest BCUT2D eigenvalue weighted by Crippen LogP contribution is -2.43. The van der Waals surface area contributed by atoms with Crippen molar-refractivity contribution in [1.82, 2.24) is 15.2 Å². The van der Waals surface area contributed by atoms with Crippen molar-refractivity contribution in [3.63, 3.8) is 0 Å². The maximum absolute atomic E-state index is 12.7. The molecule has 30 heavy (non-hydrogen) atoms. The van der Waals surface area contributed by atoms with E-state index in [4.69, 9.17) is 26.1 Å². The summed E-state index contributed by atoms with van der Waals surface area (Å²) in [5.41, 5.74) is 1.28. The quantitative estimate of drug-likeness (QED) is 0.561. The van der Waals surface area contributed by atoms with Crippen LogP contribution < -0.4 is 15.6 Å². The van der Waals surface area contributed by atoms with E-state index in [1.807, 2.05) is 41.3 Å². The maximum atomic E-state index is 12.7. The molecule has 1 saturated heterocycles. The Labute approximate surface area is 180 Å². The first kappa shape index (κ1) is 20.4. The number of benzene rings is 1. The van der Waals surface area contributed by atoms with Crippen molar-refractivity contribution >= 4 is 28.2 Å². The predicted molar refractivity (Wildman–Crippen MR) is 119 cm³/mol. The molecule has 1 fully saturated rings. The Bertz CT molecular complexity index is 1060. The molecule has 0 saturated carbocycles. The van der Waals surface area contributed by atoms with Crippen molar-refractivity contribution in [1.29, 1.82) is 0 Å². The molecule has 3 aromatic rings. The highest BCUT2D eigenvalue weighted by Crippen LogP contribution is 2.20. The van der Waals surface area contributed by atoms with Crippen molar-refractivity contribution in [3.05, 3.63) is 64.3 Å². The molecule has 0 bridgehead atoms. The number of fused-ring (bicyclic) bond motifs is 1. The zero-order valence-electron chi connectivity index (χ0n) is 16.8. The fraction of sp³-hybridized carbons (Fsp3) is 0.364.